The molecule has 1 aromatic rings. The molecule has 2 rings (SSSR count). The molecule has 20 heavy (non-hydrogen) atoms. The number of carboxylic acid groups (broad SMARTS) is 1. The highest BCUT2D eigenvalue weighted by Crippen LogP contribution is 2.19. The number of carbonyl (C=O) groups is 2. The van der Waals surface area contributed by atoms with Gasteiger partial charge in [-0.25, -0.2) is 4.79 Å². The molecule has 0 spiro atoms. The van der Waals surface area contributed by atoms with Crippen LogP contribution < -0.4 is 0 Å². The van der Waals surface area contributed by atoms with Crippen molar-refractivity contribution in [3.63, 3.8) is 0 Å². The third-order valence-corrected chi connectivity index (χ3v) is 3.74. The highest BCUT2D eigenvalue weighted by molar-refractivity contribution is 5.76. The van der Waals surface area contributed by atoms with Crippen molar-refractivity contribution in [2.24, 2.45) is 5.92 Å². The SMILES string of the molecule is Cc1occc1CN(C)C(=O)N1CCC[C@@H](C(=O)O)C1. The molecule has 6 heteroatoms. The fraction of sp³-hybridized carbons (Fsp3) is 0.571. The average molecular weight is 280 g/mol. The molecule has 1 atom stereocenters. The Hall–Kier alpha value is -1.98. The smallest absolute Gasteiger partial charge is 0.320 e. The molecule has 2 amide bonds. The van der Waals surface area contributed by atoms with Gasteiger partial charge >= 0.3 is 12.0 Å². The molecule has 0 aliphatic carbocycles. The van der Waals surface area contributed by atoms with E-state index in [1.54, 1.807) is 23.1 Å². The number of amides is 2. The highest BCUT2D eigenvalue weighted by atomic mass is 16.4. The summed E-state index contributed by atoms with van der Waals surface area (Å²) in [4.78, 5) is 26.6. The molecule has 0 radical (unpaired) electrons. The molecule has 0 aromatic carbocycles. The predicted octanol–water partition coefficient (Wildman–Crippen LogP) is 1.94. The van der Waals surface area contributed by atoms with E-state index in [4.69, 9.17) is 9.52 Å². The van der Waals surface area contributed by atoms with Gasteiger partial charge in [-0.15, -0.1) is 0 Å². The lowest BCUT2D eigenvalue weighted by Gasteiger charge is -2.33. The minimum absolute atomic E-state index is 0.128. The van der Waals surface area contributed by atoms with Crippen molar-refractivity contribution in [2.45, 2.75) is 26.3 Å². The van der Waals surface area contributed by atoms with Gasteiger partial charge < -0.3 is 19.3 Å². The second-order valence-corrected chi connectivity index (χ2v) is 5.26. The Morgan fingerprint density at radius 1 is 1.55 bits per heavy atom. The number of aryl methyl sites for hydroxylation is 1. The Labute approximate surface area is 118 Å². The lowest BCUT2D eigenvalue weighted by molar-refractivity contribution is -0.143. The average Bonchev–Trinajstić information content (AvgIpc) is 2.83. The van der Waals surface area contributed by atoms with Crippen LogP contribution in [0.15, 0.2) is 16.7 Å². The van der Waals surface area contributed by atoms with Gasteiger partial charge in [0.25, 0.3) is 0 Å². The van der Waals surface area contributed by atoms with Crippen LogP contribution in [0, 0.1) is 12.8 Å². The fourth-order valence-corrected chi connectivity index (χ4v) is 2.49. The van der Waals surface area contributed by atoms with Gasteiger partial charge in [0, 0.05) is 25.7 Å². The molecule has 0 bridgehead atoms. The summed E-state index contributed by atoms with van der Waals surface area (Å²) >= 11 is 0. The number of likely N-dealkylation sites (tertiary alicyclic amines) is 1. The third kappa shape index (κ3) is 3.12. The van der Waals surface area contributed by atoms with Crippen LogP contribution >= 0.6 is 0 Å². The van der Waals surface area contributed by atoms with Crippen LogP contribution in [0.4, 0.5) is 4.79 Å². The topological polar surface area (TPSA) is 74.0 Å². The monoisotopic (exact) mass is 280 g/mol. The van der Waals surface area contributed by atoms with E-state index in [9.17, 15) is 9.59 Å². The first-order valence-electron chi connectivity index (χ1n) is 6.75. The molecule has 2 heterocycles. The minimum Gasteiger partial charge on any atom is -0.481 e. The van der Waals surface area contributed by atoms with E-state index in [0.29, 0.717) is 26.1 Å². The van der Waals surface area contributed by atoms with Crippen LogP contribution in [-0.4, -0.2) is 47.0 Å². The quantitative estimate of drug-likeness (QED) is 0.918. The Morgan fingerprint density at radius 2 is 2.30 bits per heavy atom. The Kier molecular flexibility index (Phi) is 4.32. The molecular formula is C14H20N2O4. The van der Waals surface area contributed by atoms with E-state index < -0.39 is 11.9 Å². The summed E-state index contributed by atoms with van der Waals surface area (Å²) in [6, 6.07) is 1.71. The molecule has 1 aliphatic heterocycles. The molecule has 110 valence electrons. The van der Waals surface area contributed by atoms with Crippen molar-refractivity contribution in [1.82, 2.24) is 9.80 Å². The van der Waals surface area contributed by atoms with Crippen molar-refractivity contribution in [1.29, 1.82) is 0 Å². The molecule has 1 aliphatic rings. The number of nitrogens with zero attached hydrogens (tertiary/aromatic N) is 2. The first kappa shape index (κ1) is 14.4. The molecule has 1 saturated heterocycles. The zero-order valence-corrected chi connectivity index (χ0v) is 11.8. The van der Waals surface area contributed by atoms with Gasteiger partial charge in [0.05, 0.1) is 18.7 Å². The van der Waals surface area contributed by atoms with E-state index in [1.165, 1.54) is 0 Å². The molecular weight excluding hydrogens is 260 g/mol. The third-order valence-electron chi connectivity index (χ3n) is 3.74. The van der Waals surface area contributed by atoms with Crippen LogP contribution in [0.5, 0.6) is 0 Å². The standard InChI is InChI=1S/C14H20N2O4/c1-10-11(5-7-20-10)8-15(2)14(19)16-6-3-4-12(9-16)13(17)18/h5,7,12H,3-4,6,8-9H2,1-2H3,(H,17,18)/t12-/m1/s1. The molecule has 1 fully saturated rings. The van der Waals surface area contributed by atoms with E-state index >= 15 is 0 Å². The van der Waals surface area contributed by atoms with E-state index in [2.05, 4.69) is 0 Å². The number of furan rings is 1. The summed E-state index contributed by atoms with van der Waals surface area (Å²) in [6.07, 6.45) is 2.98. The van der Waals surface area contributed by atoms with Crippen molar-refractivity contribution < 1.29 is 19.1 Å². The van der Waals surface area contributed by atoms with Gasteiger partial charge in [-0.2, -0.15) is 0 Å². The summed E-state index contributed by atoms with van der Waals surface area (Å²) in [6.45, 7) is 3.24. The summed E-state index contributed by atoms with van der Waals surface area (Å²) in [5.41, 5.74) is 0.965. The Balaban J connectivity index is 1.96. The van der Waals surface area contributed by atoms with Crippen molar-refractivity contribution in [3.05, 3.63) is 23.7 Å². The molecule has 0 saturated carbocycles. The van der Waals surface area contributed by atoms with Crippen molar-refractivity contribution in [3.8, 4) is 0 Å². The van der Waals surface area contributed by atoms with Gasteiger partial charge in [-0.1, -0.05) is 0 Å². The van der Waals surface area contributed by atoms with Crippen LogP contribution in [0.25, 0.3) is 0 Å². The maximum absolute atomic E-state index is 12.3. The fourth-order valence-electron chi connectivity index (χ4n) is 2.49. The van der Waals surface area contributed by atoms with Gasteiger partial charge in [0.1, 0.15) is 5.76 Å². The van der Waals surface area contributed by atoms with Crippen LogP contribution in [0.2, 0.25) is 0 Å². The summed E-state index contributed by atoms with van der Waals surface area (Å²) in [5.74, 6) is -0.473. The molecule has 1 aromatic heterocycles. The lowest BCUT2D eigenvalue weighted by Crippen LogP contribution is -2.47. The van der Waals surface area contributed by atoms with Crippen LogP contribution in [0.1, 0.15) is 24.2 Å². The number of piperidine rings is 1. The van der Waals surface area contributed by atoms with Gasteiger partial charge in [0.15, 0.2) is 0 Å². The van der Waals surface area contributed by atoms with Gasteiger partial charge in [-0.3, -0.25) is 4.79 Å². The first-order chi connectivity index (χ1) is 9.49. The molecule has 1 N–H and O–H groups in total. The number of hydrogen-bond donors (Lipinski definition) is 1. The molecule has 6 nitrogen and oxygen atoms in total. The zero-order valence-electron chi connectivity index (χ0n) is 11.8. The number of carboxylic acids is 1. The van der Waals surface area contributed by atoms with Crippen molar-refractivity contribution >= 4 is 12.0 Å². The van der Waals surface area contributed by atoms with E-state index in [0.717, 1.165) is 17.7 Å². The lowest BCUT2D eigenvalue weighted by atomic mass is 9.99. The Morgan fingerprint density at radius 3 is 2.90 bits per heavy atom. The summed E-state index contributed by atoms with van der Waals surface area (Å²) in [5, 5.41) is 9.06. The van der Waals surface area contributed by atoms with Crippen molar-refractivity contribution in [2.75, 3.05) is 20.1 Å². The van der Waals surface area contributed by atoms with E-state index in [-0.39, 0.29) is 6.03 Å². The number of hydrogen-bond acceptors (Lipinski definition) is 3. The van der Waals surface area contributed by atoms with Crippen LogP contribution in [-0.2, 0) is 11.3 Å². The summed E-state index contributed by atoms with van der Waals surface area (Å²) < 4.78 is 5.21. The maximum atomic E-state index is 12.3. The number of urea groups is 1. The minimum atomic E-state index is -0.823. The second-order valence-electron chi connectivity index (χ2n) is 5.26. The van der Waals surface area contributed by atoms with Gasteiger partial charge in [0.2, 0.25) is 0 Å². The Bertz CT molecular complexity index is 497. The zero-order chi connectivity index (χ0) is 14.7. The maximum Gasteiger partial charge on any atom is 0.320 e. The molecule has 0 unspecified atom stereocenters. The highest BCUT2D eigenvalue weighted by Gasteiger charge is 2.29. The first-order valence-corrected chi connectivity index (χ1v) is 6.75. The van der Waals surface area contributed by atoms with Gasteiger partial charge in [-0.05, 0) is 25.8 Å². The summed E-state index contributed by atoms with van der Waals surface area (Å²) in [7, 11) is 1.72. The second kappa shape index (κ2) is 5.98. The van der Waals surface area contributed by atoms with Crippen LogP contribution in [0.3, 0.4) is 0 Å². The largest absolute Gasteiger partial charge is 0.481 e. The van der Waals surface area contributed by atoms with E-state index in [1.807, 2.05) is 13.0 Å². The number of aliphatic carboxylic acids is 1. The number of carbonyl (C=O) groups excluding carboxylic acids is 1. The number of rotatable bonds is 3. The normalized spacial score (nSPS) is 18.9. The predicted molar refractivity (Wildman–Crippen MR) is 72.2 cm³/mol.